The van der Waals surface area contributed by atoms with Crippen molar-refractivity contribution in [1.82, 2.24) is 9.91 Å². The summed E-state index contributed by atoms with van der Waals surface area (Å²) in [6, 6.07) is 0.473. The second-order valence-electron chi connectivity index (χ2n) is 5.63. The molecule has 3 nitrogen and oxygen atoms in total. The molecule has 0 radical (unpaired) electrons. The zero-order valence-electron chi connectivity index (χ0n) is 12.7. The molecule has 0 heterocycles. The first kappa shape index (κ1) is 16.5. The average Bonchev–Trinajstić information content (AvgIpc) is 2.16. The van der Waals surface area contributed by atoms with Crippen LogP contribution in [-0.2, 0) is 0 Å². The monoisotopic (exact) mass is 241 g/mol. The summed E-state index contributed by atoms with van der Waals surface area (Å²) in [5, 5.41) is 1.68. The van der Waals surface area contributed by atoms with E-state index in [2.05, 4.69) is 52.9 Å². The first-order chi connectivity index (χ1) is 7.81. The molecule has 2 N–H and O–H groups in total. The Kier molecular flexibility index (Phi) is 7.48. The summed E-state index contributed by atoms with van der Waals surface area (Å²) in [5.41, 5.74) is 1.43. The summed E-state index contributed by atoms with van der Waals surface area (Å²) in [6.07, 6.45) is 4.36. The van der Waals surface area contributed by atoms with Gasteiger partial charge in [0.15, 0.2) is 0 Å². The van der Waals surface area contributed by atoms with Gasteiger partial charge in [-0.15, -0.1) is 0 Å². The molecule has 0 aliphatic carbocycles. The van der Waals surface area contributed by atoms with Crippen LogP contribution < -0.4 is 5.84 Å². The van der Waals surface area contributed by atoms with E-state index in [0.717, 1.165) is 12.8 Å². The standard InChI is InChI=1S/C14H31N3/c1-8-9-13(10-17(7)15)14(16(5)6)12(4)11(2)3/h10-12,14H,8-9,15H2,1-7H3/b13-10+/t12-,14-/m1/s1. The van der Waals surface area contributed by atoms with E-state index < -0.39 is 0 Å². The lowest BCUT2D eigenvalue weighted by atomic mass is 9.84. The highest BCUT2D eigenvalue weighted by Crippen LogP contribution is 2.26. The van der Waals surface area contributed by atoms with Crippen LogP contribution in [0, 0.1) is 11.8 Å². The van der Waals surface area contributed by atoms with Gasteiger partial charge >= 0.3 is 0 Å². The van der Waals surface area contributed by atoms with Gasteiger partial charge < -0.3 is 9.91 Å². The van der Waals surface area contributed by atoms with E-state index >= 15 is 0 Å². The zero-order chi connectivity index (χ0) is 13.6. The Bertz CT molecular complexity index is 232. The van der Waals surface area contributed by atoms with Gasteiger partial charge in [0.05, 0.1) is 0 Å². The van der Waals surface area contributed by atoms with Gasteiger partial charge in [-0.25, -0.2) is 5.84 Å². The number of hydrogen-bond acceptors (Lipinski definition) is 3. The topological polar surface area (TPSA) is 32.5 Å². The van der Waals surface area contributed by atoms with Gasteiger partial charge in [0.1, 0.15) is 0 Å². The number of rotatable bonds is 7. The summed E-state index contributed by atoms with van der Waals surface area (Å²) in [5.74, 6) is 7.08. The minimum absolute atomic E-state index is 0.473. The molecule has 0 aromatic carbocycles. The SMILES string of the molecule is CCC/C(=C\N(C)N)[C@@H]([C@H](C)C(C)C)N(C)C. The molecule has 0 amide bonds. The maximum atomic E-state index is 5.78. The van der Waals surface area contributed by atoms with Gasteiger partial charge in [0, 0.05) is 19.3 Å². The van der Waals surface area contributed by atoms with Crippen LogP contribution in [0.2, 0.25) is 0 Å². The first-order valence-corrected chi connectivity index (χ1v) is 6.65. The van der Waals surface area contributed by atoms with Crippen molar-refractivity contribution in [2.75, 3.05) is 21.1 Å². The van der Waals surface area contributed by atoms with Crippen molar-refractivity contribution in [3.8, 4) is 0 Å². The Labute approximate surface area is 108 Å². The second-order valence-corrected chi connectivity index (χ2v) is 5.63. The maximum Gasteiger partial charge on any atom is 0.0347 e. The highest BCUT2D eigenvalue weighted by atomic mass is 15.4. The lowest BCUT2D eigenvalue weighted by Crippen LogP contribution is -2.39. The van der Waals surface area contributed by atoms with Crippen molar-refractivity contribution < 1.29 is 0 Å². The number of likely N-dealkylation sites (N-methyl/N-ethyl adjacent to an activating group) is 1. The van der Waals surface area contributed by atoms with Crippen molar-refractivity contribution in [2.45, 2.75) is 46.6 Å². The van der Waals surface area contributed by atoms with Gasteiger partial charge in [0.25, 0.3) is 0 Å². The van der Waals surface area contributed by atoms with Gasteiger partial charge in [-0.1, -0.05) is 34.1 Å². The molecule has 0 aromatic heterocycles. The van der Waals surface area contributed by atoms with Crippen LogP contribution in [0.25, 0.3) is 0 Å². The van der Waals surface area contributed by atoms with Crippen molar-refractivity contribution >= 4 is 0 Å². The molecule has 0 saturated heterocycles. The van der Waals surface area contributed by atoms with Crippen LogP contribution in [0.5, 0.6) is 0 Å². The Morgan fingerprint density at radius 2 is 1.71 bits per heavy atom. The summed E-state index contributed by atoms with van der Waals surface area (Å²) < 4.78 is 0. The molecule has 0 aliphatic heterocycles. The minimum atomic E-state index is 0.473. The molecule has 2 atom stereocenters. The van der Waals surface area contributed by atoms with Crippen molar-refractivity contribution in [2.24, 2.45) is 17.7 Å². The van der Waals surface area contributed by atoms with E-state index in [1.807, 2.05) is 7.05 Å². The Morgan fingerprint density at radius 3 is 2.00 bits per heavy atom. The lowest BCUT2D eigenvalue weighted by molar-refractivity contribution is 0.206. The van der Waals surface area contributed by atoms with E-state index in [0.29, 0.717) is 17.9 Å². The molecule has 0 aliphatic rings. The Hall–Kier alpha value is -0.540. The van der Waals surface area contributed by atoms with Crippen molar-refractivity contribution in [3.63, 3.8) is 0 Å². The largest absolute Gasteiger partial charge is 0.321 e. The molecule has 0 unspecified atom stereocenters. The Balaban J connectivity index is 5.09. The lowest BCUT2D eigenvalue weighted by Gasteiger charge is -2.35. The smallest absolute Gasteiger partial charge is 0.0347 e. The summed E-state index contributed by atoms with van der Waals surface area (Å²) in [4.78, 5) is 2.32. The fourth-order valence-electron chi connectivity index (χ4n) is 2.34. The summed E-state index contributed by atoms with van der Waals surface area (Å²) in [7, 11) is 6.20. The van der Waals surface area contributed by atoms with Gasteiger partial charge in [-0.05, 0) is 37.9 Å². The molecule has 0 aromatic rings. The molecule has 0 saturated carbocycles. The van der Waals surface area contributed by atoms with E-state index in [1.165, 1.54) is 5.57 Å². The van der Waals surface area contributed by atoms with Crippen LogP contribution in [0.15, 0.2) is 11.8 Å². The molecule has 0 bridgehead atoms. The highest BCUT2D eigenvalue weighted by molar-refractivity contribution is 5.12. The number of hydrazine groups is 1. The molecule has 17 heavy (non-hydrogen) atoms. The normalized spacial score (nSPS) is 16.5. The second kappa shape index (κ2) is 7.72. The quantitative estimate of drug-likeness (QED) is 0.549. The van der Waals surface area contributed by atoms with E-state index in [1.54, 1.807) is 5.01 Å². The van der Waals surface area contributed by atoms with Crippen LogP contribution in [0.3, 0.4) is 0 Å². The van der Waals surface area contributed by atoms with Crippen LogP contribution in [0.1, 0.15) is 40.5 Å². The molecule has 3 heteroatoms. The van der Waals surface area contributed by atoms with Crippen LogP contribution in [0.4, 0.5) is 0 Å². The predicted molar refractivity (Wildman–Crippen MR) is 76.4 cm³/mol. The number of hydrogen-bond donors (Lipinski definition) is 1. The van der Waals surface area contributed by atoms with Crippen LogP contribution >= 0.6 is 0 Å². The molecule has 0 rings (SSSR count). The number of nitrogens with zero attached hydrogens (tertiary/aromatic N) is 2. The fourth-order valence-corrected chi connectivity index (χ4v) is 2.34. The van der Waals surface area contributed by atoms with Crippen molar-refractivity contribution in [3.05, 3.63) is 11.8 Å². The summed E-state index contributed by atoms with van der Waals surface area (Å²) >= 11 is 0. The third-order valence-electron chi connectivity index (χ3n) is 3.39. The van der Waals surface area contributed by atoms with E-state index in [-0.39, 0.29) is 0 Å². The molecule has 0 spiro atoms. The fraction of sp³-hybridized carbons (Fsp3) is 0.857. The average molecular weight is 241 g/mol. The zero-order valence-corrected chi connectivity index (χ0v) is 12.7. The van der Waals surface area contributed by atoms with Gasteiger partial charge in [-0.3, -0.25) is 0 Å². The molecular formula is C14H31N3. The predicted octanol–water partition coefficient (Wildman–Crippen LogP) is 2.70. The maximum absolute atomic E-state index is 5.78. The molecule has 0 fully saturated rings. The Morgan fingerprint density at radius 1 is 1.18 bits per heavy atom. The summed E-state index contributed by atoms with van der Waals surface area (Å²) in [6.45, 7) is 9.13. The van der Waals surface area contributed by atoms with Crippen molar-refractivity contribution in [1.29, 1.82) is 0 Å². The van der Waals surface area contributed by atoms with Crippen LogP contribution in [-0.4, -0.2) is 37.1 Å². The minimum Gasteiger partial charge on any atom is -0.321 e. The van der Waals surface area contributed by atoms with Gasteiger partial charge in [0.2, 0.25) is 0 Å². The third kappa shape index (κ3) is 5.55. The highest BCUT2D eigenvalue weighted by Gasteiger charge is 2.25. The molecule has 102 valence electrons. The van der Waals surface area contributed by atoms with Gasteiger partial charge in [-0.2, -0.15) is 0 Å². The van der Waals surface area contributed by atoms with E-state index in [9.17, 15) is 0 Å². The molecular weight excluding hydrogens is 210 g/mol. The van der Waals surface area contributed by atoms with E-state index in [4.69, 9.17) is 5.84 Å². The number of nitrogens with two attached hydrogens (primary N) is 1. The third-order valence-corrected chi connectivity index (χ3v) is 3.39. The first-order valence-electron chi connectivity index (χ1n) is 6.65.